The van der Waals surface area contributed by atoms with E-state index in [1.165, 1.54) is 36.8 Å². The second kappa shape index (κ2) is 11.9. The van der Waals surface area contributed by atoms with Gasteiger partial charge in [-0.1, -0.05) is 38.8 Å². The minimum atomic E-state index is -4.64. The molecule has 4 N–H and O–H groups in total. The Kier molecular flexibility index (Phi) is 8.73. The van der Waals surface area contributed by atoms with E-state index in [0.717, 1.165) is 25.1 Å². The third kappa shape index (κ3) is 6.66. The molecule has 2 aliphatic carbocycles. The van der Waals surface area contributed by atoms with Gasteiger partial charge in [0.15, 0.2) is 0 Å². The van der Waals surface area contributed by atoms with Gasteiger partial charge in [-0.3, -0.25) is 10.1 Å². The van der Waals surface area contributed by atoms with Gasteiger partial charge in [-0.2, -0.15) is 13.2 Å². The Morgan fingerprint density at radius 2 is 1.90 bits per heavy atom. The molecule has 7 nitrogen and oxygen atoms in total. The number of carbonyl (C=O) groups is 2. The van der Waals surface area contributed by atoms with Gasteiger partial charge in [0.1, 0.15) is 5.75 Å². The van der Waals surface area contributed by atoms with Gasteiger partial charge in [-0.05, 0) is 79.5 Å². The van der Waals surface area contributed by atoms with Crippen molar-refractivity contribution in [1.29, 1.82) is 0 Å². The van der Waals surface area contributed by atoms with Crippen LogP contribution < -0.4 is 16.0 Å². The number of amides is 1. The summed E-state index contributed by atoms with van der Waals surface area (Å²) in [7, 11) is 0. The van der Waals surface area contributed by atoms with Crippen LogP contribution in [0.1, 0.15) is 57.1 Å². The molecule has 3 aliphatic rings. The number of nitrogens with one attached hydrogen (secondary N) is 3. The van der Waals surface area contributed by atoms with Crippen LogP contribution in [0.2, 0.25) is 0 Å². The average Bonchev–Trinajstić information content (AvgIpc) is 2.89. The molecule has 39 heavy (non-hydrogen) atoms. The number of phenolic OH excluding ortho intramolecular Hbond substituents is 1. The molecule has 2 bridgehead atoms. The van der Waals surface area contributed by atoms with Gasteiger partial charge in [-0.15, -0.1) is 0 Å². The second-order valence-electron chi connectivity index (χ2n) is 11.0. The lowest BCUT2D eigenvalue weighted by Gasteiger charge is -2.56. The number of fused-ring (bicyclic) bond motifs is 1. The molecule has 0 aromatic heterocycles. The number of carbonyl (C=O) groups excluding carboxylic acids is 2. The normalized spacial score (nSPS) is 23.4. The average molecular weight is 548 g/mol. The fourth-order valence-electron chi connectivity index (χ4n) is 6.31. The highest BCUT2D eigenvalue weighted by molar-refractivity contribution is 5.91. The number of piperidine rings is 1. The van der Waals surface area contributed by atoms with E-state index in [1.54, 1.807) is 0 Å². The topological polar surface area (TPSA) is 99.7 Å². The first-order valence-electron chi connectivity index (χ1n) is 13.4. The molecule has 2 aromatic rings. The summed E-state index contributed by atoms with van der Waals surface area (Å²) in [5, 5.41) is 21.0. The van der Waals surface area contributed by atoms with Crippen molar-refractivity contribution in [2.45, 2.75) is 70.0 Å². The molecule has 1 saturated carbocycles. The number of aromatic hydroxyl groups is 1. The molecule has 2 fully saturated rings. The highest BCUT2D eigenvalue weighted by atomic mass is 19.4. The van der Waals surface area contributed by atoms with E-state index in [-0.39, 0.29) is 17.1 Å². The predicted octanol–water partition coefficient (Wildman–Crippen LogP) is 6.43. The number of alkyl halides is 3. The molecule has 1 heterocycles. The lowest BCUT2D eigenvalue weighted by molar-refractivity contribution is -0.156. The summed E-state index contributed by atoms with van der Waals surface area (Å²) in [4.78, 5) is 20.9. The number of hydrogen-bond donors (Lipinski definition) is 4. The summed E-state index contributed by atoms with van der Waals surface area (Å²) in [6, 6.07) is 12.1. The van der Waals surface area contributed by atoms with Crippen molar-refractivity contribution in [2.24, 2.45) is 11.8 Å². The van der Waals surface area contributed by atoms with Crippen LogP contribution in [0, 0.1) is 11.8 Å². The van der Waals surface area contributed by atoms with Gasteiger partial charge in [0.2, 0.25) is 6.29 Å². The maximum Gasteiger partial charge on any atom is 0.446 e. The smallest absolute Gasteiger partial charge is 0.446 e. The first-order chi connectivity index (χ1) is 18.5. The van der Waals surface area contributed by atoms with Gasteiger partial charge >= 0.3 is 12.3 Å². The molecule has 0 spiro atoms. The van der Waals surface area contributed by atoms with Crippen LogP contribution >= 0.6 is 0 Å². The zero-order valence-electron chi connectivity index (χ0n) is 22.2. The van der Waals surface area contributed by atoms with Crippen molar-refractivity contribution in [3.63, 3.8) is 0 Å². The fraction of sp³-hybridized carbons (Fsp3) is 0.517. The quantitative estimate of drug-likeness (QED) is 0.254. The van der Waals surface area contributed by atoms with Gasteiger partial charge in [0, 0.05) is 11.5 Å². The molecule has 1 amide bonds. The maximum absolute atomic E-state index is 12.2. The first kappa shape index (κ1) is 28.7. The van der Waals surface area contributed by atoms with Crippen molar-refractivity contribution in [3.8, 4) is 5.75 Å². The number of aldehydes is 1. The molecule has 10 heteroatoms. The van der Waals surface area contributed by atoms with E-state index < -0.39 is 18.6 Å². The number of phenols is 1. The fourth-order valence-corrected chi connectivity index (χ4v) is 6.31. The number of ether oxygens (including phenoxy) is 1. The minimum absolute atomic E-state index is 0.206. The SMILES string of the molecule is CC(C)COC(=O)Nc1ccccc1Nc1cc2c(cc1O)[C@]13CCCC[C@@H]1[C@H](C2)NCC3.O=CC(F)(F)F. The second-order valence-corrected chi connectivity index (χ2v) is 11.0. The monoisotopic (exact) mass is 547 g/mol. The summed E-state index contributed by atoms with van der Waals surface area (Å²) in [5.74, 6) is 1.21. The Labute approximate surface area is 226 Å². The number of anilines is 3. The summed E-state index contributed by atoms with van der Waals surface area (Å²) in [6.07, 6.45) is 1.06. The first-order valence-corrected chi connectivity index (χ1v) is 13.4. The van der Waals surface area contributed by atoms with E-state index in [1.807, 2.05) is 44.2 Å². The Bertz CT molecular complexity index is 1180. The van der Waals surface area contributed by atoms with Crippen molar-refractivity contribution in [3.05, 3.63) is 47.5 Å². The molecule has 5 rings (SSSR count). The summed E-state index contributed by atoms with van der Waals surface area (Å²) >= 11 is 0. The molecule has 1 saturated heterocycles. The van der Waals surface area contributed by atoms with Crippen LogP contribution in [0.25, 0.3) is 0 Å². The van der Waals surface area contributed by atoms with E-state index in [2.05, 4.69) is 22.0 Å². The number of rotatable bonds is 5. The number of hydrogen-bond acceptors (Lipinski definition) is 6. The highest BCUT2D eigenvalue weighted by Crippen LogP contribution is 2.55. The van der Waals surface area contributed by atoms with Gasteiger partial charge in [-0.25, -0.2) is 4.79 Å². The number of benzene rings is 2. The summed E-state index contributed by atoms with van der Waals surface area (Å²) < 4.78 is 36.5. The highest BCUT2D eigenvalue weighted by Gasteiger charge is 2.51. The molecule has 0 unspecified atom stereocenters. The third-order valence-electron chi connectivity index (χ3n) is 7.87. The van der Waals surface area contributed by atoms with E-state index in [4.69, 9.17) is 9.53 Å². The van der Waals surface area contributed by atoms with E-state index in [9.17, 15) is 23.1 Å². The van der Waals surface area contributed by atoms with Crippen LogP contribution in [-0.4, -0.2) is 42.9 Å². The minimum Gasteiger partial charge on any atom is -0.506 e. The Hall–Kier alpha value is -3.27. The standard InChI is InChI=1S/C27H35N3O3.C2HF3O/c1-17(2)16-33-26(32)30-22-9-4-3-8-21(22)29-24-14-18-13-23-19-7-5-6-10-27(19,11-12-28-23)20(18)15-25(24)31;3-2(4,5)1-6/h3-4,8-9,14-15,17,19,23,28-29,31H,5-7,10-13,16H2,1-2H3,(H,30,32);1H/t19-,23+,27+;/m1./s1. The van der Waals surface area contributed by atoms with Crippen molar-refractivity contribution >= 4 is 29.4 Å². The van der Waals surface area contributed by atoms with Gasteiger partial charge < -0.3 is 20.5 Å². The lowest BCUT2D eigenvalue weighted by Crippen LogP contribution is -2.59. The predicted molar refractivity (Wildman–Crippen MR) is 144 cm³/mol. The largest absolute Gasteiger partial charge is 0.506 e. The van der Waals surface area contributed by atoms with Crippen LogP contribution in [-0.2, 0) is 21.4 Å². The molecular formula is C29H36F3N3O4. The summed E-state index contributed by atoms with van der Waals surface area (Å²) in [6.45, 7) is 5.43. The number of halogens is 3. The Balaban J connectivity index is 0.000000531. The Morgan fingerprint density at radius 1 is 1.18 bits per heavy atom. The van der Waals surface area contributed by atoms with Crippen LogP contribution in [0.5, 0.6) is 5.75 Å². The molecule has 212 valence electrons. The van der Waals surface area contributed by atoms with E-state index >= 15 is 0 Å². The summed E-state index contributed by atoms with van der Waals surface area (Å²) in [5.41, 5.74) is 4.90. The third-order valence-corrected chi connectivity index (χ3v) is 7.87. The molecular weight excluding hydrogens is 511 g/mol. The molecule has 1 aliphatic heterocycles. The van der Waals surface area contributed by atoms with Crippen LogP contribution in [0.3, 0.4) is 0 Å². The van der Waals surface area contributed by atoms with Gasteiger partial charge in [0.25, 0.3) is 0 Å². The molecule has 3 atom stereocenters. The zero-order chi connectivity index (χ0) is 28.2. The van der Waals surface area contributed by atoms with Crippen molar-refractivity contribution < 1.29 is 32.6 Å². The van der Waals surface area contributed by atoms with Crippen molar-refractivity contribution in [1.82, 2.24) is 5.32 Å². The lowest BCUT2D eigenvalue weighted by atomic mass is 9.53. The maximum atomic E-state index is 12.2. The van der Waals surface area contributed by atoms with E-state index in [0.29, 0.717) is 29.9 Å². The van der Waals surface area contributed by atoms with Gasteiger partial charge in [0.05, 0.1) is 23.7 Å². The van der Waals surface area contributed by atoms with Crippen molar-refractivity contribution in [2.75, 3.05) is 23.8 Å². The molecule has 2 aromatic carbocycles. The number of para-hydroxylation sites is 2. The zero-order valence-corrected chi connectivity index (χ0v) is 22.2. The van der Waals surface area contributed by atoms with Crippen LogP contribution in [0.4, 0.5) is 35.0 Å². The molecule has 0 radical (unpaired) electrons. The Morgan fingerprint density at radius 3 is 2.59 bits per heavy atom. The van der Waals surface area contributed by atoms with Crippen LogP contribution in [0.15, 0.2) is 36.4 Å².